The van der Waals surface area contributed by atoms with Gasteiger partial charge in [0.05, 0.1) is 13.4 Å². The number of anilines is 1. The van der Waals surface area contributed by atoms with E-state index in [0.717, 1.165) is 21.6 Å². The fraction of sp³-hybridized carbons (Fsp3) is 0.143. The average Bonchev–Trinajstić information content (AvgIpc) is 3.28. The number of amides is 1. The summed E-state index contributed by atoms with van der Waals surface area (Å²) in [6, 6.07) is 11.4. The number of esters is 1. The predicted octanol–water partition coefficient (Wildman–Crippen LogP) is 5.06. The molecule has 0 atom stereocenters. The Morgan fingerprint density at radius 3 is 2.52 bits per heavy atom. The number of methoxy groups -OCH3 is 1. The Balaban J connectivity index is 1.95. The number of nitrogens with one attached hydrogen (secondary N) is 1. The maximum Gasteiger partial charge on any atom is 0.341 e. The Kier molecular flexibility index (Phi) is 5.57. The van der Waals surface area contributed by atoms with Crippen molar-refractivity contribution in [1.29, 1.82) is 0 Å². The number of aryl methyl sites for hydroxylation is 2. The molecule has 3 aromatic rings. The van der Waals surface area contributed by atoms with E-state index in [1.165, 1.54) is 30.8 Å². The summed E-state index contributed by atoms with van der Waals surface area (Å²) in [5.41, 5.74) is 3.17. The average molecular weight is 381 g/mol. The molecule has 138 valence electrons. The lowest BCUT2D eigenvalue weighted by Crippen LogP contribution is -2.11. The van der Waals surface area contributed by atoms with Crippen molar-refractivity contribution in [2.24, 2.45) is 0 Å². The van der Waals surface area contributed by atoms with Crippen molar-refractivity contribution in [2.45, 2.75) is 13.8 Å². The van der Waals surface area contributed by atoms with E-state index in [9.17, 15) is 9.59 Å². The zero-order valence-corrected chi connectivity index (χ0v) is 16.1. The van der Waals surface area contributed by atoms with Crippen molar-refractivity contribution in [3.05, 3.63) is 70.5 Å². The number of hydrogen-bond donors (Lipinski definition) is 1. The van der Waals surface area contributed by atoms with Crippen LogP contribution in [0, 0.1) is 13.8 Å². The number of thiophene rings is 1. The second kappa shape index (κ2) is 8.05. The Morgan fingerprint density at radius 1 is 1.15 bits per heavy atom. The van der Waals surface area contributed by atoms with Gasteiger partial charge in [-0.1, -0.05) is 29.8 Å². The molecule has 0 fully saturated rings. The molecule has 6 heteroatoms. The van der Waals surface area contributed by atoms with Crippen LogP contribution < -0.4 is 5.32 Å². The SMILES string of the molecule is COC(=O)c1c(NC(=O)/C=C/c2ccco2)sc(C)c1-c1ccc(C)cc1. The molecular weight excluding hydrogens is 362 g/mol. The summed E-state index contributed by atoms with van der Waals surface area (Å²) in [6.07, 6.45) is 4.46. The quantitative estimate of drug-likeness (QED) is 0.495. The third-order valence-corrected chi connectivity index (χ3v) is 5.01. The van der Waals surface area contributed by atoms with Crippen LogP contribution >= 0.6 is 11.3 Å². The van der Waals surface area contributed by atoms with E-state index >= 15 is 0 Å². The van der Waals surface area contributed by atoms with Crippen LogP contribution in [0.4, 0.5) is 5.00 Å². The largest absolute Gasteiger partial charge is 0.465 e. The Morgan fingerprint density at radius 2 is 1.89 bits per heavy atom. The lowest BCUT2D eigenvalue weighted by molar-refractivity contribution is -0.111. The molecule has 3 rings (SSSR count). The van der Waals surface area contributed by atoms with Crippen molar-refractivity contribution in [3.63, 3.8) is 0 Å². The van der Waals surface area contributed by atoms with E-state index in [1.807, 2.05) is 38.1 Å². The molecule has 0 bridgehead atoms. The molecule has 0 aliphatic carbocycles. The molecule has 0 aliphatic rings. The normalized spacial score (nSPS) is 10.9. The third kappa shape index (κ3) is 4.17. The van der Waals surface area contributed by atoms with Crippen molar-refractivity contribution >= 4 is 34.3 Å². The van der Waals surface area contributed by atoms with Crippen LogP contribution in [0.3, 0.4) is 0 Å². The molecule has 5 nitrogen and oxygen atoms in total. The van der Waals surface area contributed by atoms with Crippen LogP contribution in [0.15, 0.2) is 53.2 Å². The van der Waals surface area contributed by atoms with Gasteiger partial charge in [0, 0.05) is 16.5 Å². The monoisotopic (exact) mass is 381 g/mol. The van der Waals surface area contributed by atoms with Gasteiger partial charge in [-0.15, -0.1) is 11.3 Å². The summed E-state index contributed by atoms with van der Waals surface area (Å²) >= 11 is 1.35. The maximum atomic E-state index is 12.4. The zero-order chi connectivity index (χ0) is 19.4. The van der Waals surface area contributed by atoms with E-state index in [2.05, 4.69) is 5.32 Å². The molecule has 0 saturated heterocycles. The van der Waals surface area contributed by atoms with E-state index in [-0.39, 0.29) is 5.91 Å². The smallest absolute Gasteiger partial charge is 0.341 e. The first-order valence-electron chi connectivity index (χ1n) is 8.31. The van der Waals surface area contributed by atoms with Crippen molar-refractivity contribution in [3.8, 4) is 11.1 Å². The van der Waals surface area contributed by atoms with Crippen molar-refractivity contribution < 1.29 is 18.7 Å². The van der Waals surface area contributed by atoms with E-state index in [1.54, 1.807) is 18.2 Å². The summed E-state index contributed by atoms with van der Waals surface area (Å²) in [7, 11) is 1.33. The Labute approximate surface area is 161 Å². The highest BCUT2D eigenvalue weighted by atomic mass is 32.1. The number of carbonyl (C=O) groups excluding carboxylic acids is 2. The first-order valence-corrected chi connectivity index (χ1v) is 9.12. The fourth-order valence-electron chi connectivity index (χ4n) is 2.69. The van der Waals surface area contributed by atoms with Crippen LogP contribution in [-0.2, 0) is 9.53 Å². The topological polar surface area (TPSA) is 68.5 Å². The molecular formula is C21H19NO4S. The van der Waals surface area contributed by atoms with Crippen LogP contribution in [-0.4, -0.2) is 19.0 Å². The highest BCUT2D eigenvalue weighted by Gasteiger charge is 2.24. The highest BCUT2D eigenvalue weighted by molar-refractivity contribution is 7.17. The minimum atomic E-state index is -0.486. The van der Waals surface area contributed by atoms with Crippen molar-refractivity contribution in [1.82, 2.24) is 0 Å². The van der Waals surface area contributed by atoms with Gasteiger partial charge in [0.1, 0.15) is 16.3 Å². The molecule has 0 spiro atoms. The molecule has 0 unspecified atom stereocenters. The van der Waals surface area contributed by atoms with Crippen LogP contribution in [0.2, 0.25) is 0 Å². The zero-order valence-electron chi connectivity index (χ0n) is 15.2. The summed E-state index contributed by atoms with van der Waals surface area (Å²) in [6.45, 7) is 3.92. The van der Waals surface area contributed by atoms with E-state index in [0.29, 0.717) is 16.3 Å². The van der Waals surface area contributed by atoms with E-state index < -0.39 is 5.97 Å². The van der Waals surface area contributed by atoms with Gasteiger partial charge in [-0.05, 0) is 37.6 Å². The fourth-order valence-corrected chi connectivity index (χ4v) is 3.76. The van der Waals surface area contributed by atoms with Gasteiger partial charge in [-0.2, -0.15) is 0 Å². The lowest BCUT2D eigenvalue weighted by atomic mass is 10.0. The van der Waals surface area contributed by atoms with Crippen LogP contribution in [0.25, 0.3) is 17.2 Å². The molecule has 0 aliphatic heterocycles. The molecule has 2 heterocycles. The van der Waals surface area contributed by atoms with Gasteiger partial charge in [-0.25, -0.2) is 4.79 Å². The molecule has 1 aromatic carbocycles. The molecule has 1 amide bonds. The highest BCUT2D eigenvalue weighted by Crippen LogP contribution is 2.40. The number of benzene rings is 1. The maximum absolute atomic E-state index is 12.4. The molecule has 27 heavy (non-hydrogen) atoms. The van der Waals surface area contributed by atoms with Crippen LogP contribution in [0.1, 0.15) is 26.6 Å². The lowest BCUT2D eigenvalue weighted by Gasteiger charge is -2.07. The second-order valence-corrected chi connectivity index (χ2v) is 7.16. The number of carbonyl (C=O) groups is 2. The van der Waals surface area contributed by atoms with Gasteiger partial charge >= 0.3 is 5.97 Å². The minimum Gasteiger partial charge on any atom is -0.465 e. The molecule has 0 saturated carbocycles. The number of rotatable bonds is 5. The minimum absolute atomic E-state index is 0.353. The summed E-state index contributed by atoms with van der Waals surface area (Å²) in [5.74, 6) is -0.269. The number of ether oxygens (including phenoxy) is 1. The van der Waals surface area contributed by atoms with Crippen LogP contribution in [0.5, 0.6) is 0 Å². The summed E-state index contributed by atoms with van der Waals surface area (Å²) in [4.78, 5) is 25.6. The molecule has 1 N–H and O–H groups in total. The first-order chi connectivity index (χ1) is 13.0. The summed E-state index contributed by atoms with van der Waals surface area (Å²) in [5, 5.41) is 3.24. The number of furan rings is 1. The second-order valence-electron chi connectivity index (χ2n) is 5.93. The Hall–Kier alpha value is -3.12. The predicted molar refractivity (Wildman–Crippen MR) is 107 cm³/mol. The summed E-state index contributed by atoms with van der Waals surface area (Å²) < 4.78 is 10.1. The molecule has 0 radical (unpaired) electrons. The Bertz CT molecular complexity index is 982. The van der Waals surface area contributed by atoms with Gasteiger partial charge in [0.2, 0.25) is 5.91 Å². The van der Waals surface area contributed by atoms with Gasteiger partial charge in [-0.3, -0.25) is 4.79 Å². The number of hydrogen-bond acceptors (Lipinski definition) is 5. The standard InChI is InChI=1S/C21H19NO4S/c1-13-6-8-15(9-7-13)18-14(2)27-20(19(18)21(24)25-3)22-17(23)11-10-16-5-4-12-26-16/h4-12H,1-3H3,(H,22,23)/b11-10+. The van der Waals surface area contributed by atoms with E-state index in [4.69, 9.17) is 9.15 Å². The van der Waals surface area contributed by atoms with Gasteiger partial charge in [0.25, 0.3) is 0 Å². The van der Waals surface area contributed by atoms with Crippen molar-refractivity contribution in [2.75, 3.05) is 12.4 Å². The third-order valence-electron chi connectivity index (χ3n) is 3.99. The first kappa shape index (κ1) is 18.7. The van der Waals surface area contributed by atoms with Gasteiger partial charge < -0.3 is 14.5 Å². The molecule has 2 aromatic heterocycles. The van der Waals surface area contributed by atoms with Gasteiger partial charge in [0.15, 0.2) is 0 Å².